The summed E-state index contributed by atoms with van der Waals surface area (Å²) in [6.45, 7) is 1.35. The number of nitrogens with one attached hydrogen (secondary N) is 1. The number of hydrogen-bond acceptors (Lipinski definition) is 2. The minimum absolute atomic E-state index is 0.132. The van der Waals surface area contributed by atoms with Crippen molar-refractivity contribution in [1.29, 1.82) is 0 Å². The first-order valence-corrected chi connectivity index (χ1v) is 6.52. The SMILES string of the molecule is O=C(NCCOCCBr)c1cccc(F)c1Cl. The lowest BCUT2D eigenvalue weighted by molar-refractivity contribution is 0.0924. The largest absolute Gasteiger partial charge is 0.379 e. The van der Waals surface area contributed by atoms with Gasteiger partial charge in [0.25, 0.3) is 5.91 Å². The van der Waals surface area contributed by atoms with E-state index in [0.717, 1.165) is 5.33 Å². The average Bonchev–Trinajstić information content (AvgIpc) is 2.32. The maximum Gasteiger partial charge on any atom is 0.252 e. The van der Waals surface area contributed by atoms with Crippen molar-refractivity contribution >= 4 is 33.4 Å². The van der Waals surface area contributed by atoms with Gasteiger partial charge in [-0.2, -0.15) is 0 Å². The molecule has 1 N–H and O–H groups in total. The maximum absolute atomic E-state index is 13.1. The summed E-state index contributed by atoms with van der Waals surface area (Å²) in [5, 5.41) is 3.18. The van der Waals surface area contributed by atoms with Crippen LogP contribution in [0.5, 0.6) is 0 Å². The molecule has 3 nitrogen and oxygen atoms in total. The van der Waals surface area contributed by atoms with E-state index < -0.39 is 11.7 Å². The molecular formula is C11H12BrClFNO2. The predicted molar refractivity (Wildman–Crippen MR) is 68.4 cm³/mol. The molecule has 0 atom stereocenters. The molecule has 1 aromatic carbocycles. The van der Waals surface area contributed by atoms with Gasteiger partial charge in [0, 0.05) is 11.9 Å². The first-order valence-electron chi connectivity index (χ1n) is 5.02. The van der Waals surface area contributed by atoms with Gasteiger partial charge in [0.1, 0.15) is 5.82 Å². The number of amides is 1. The fourth-order valence-electron chi connectivity index (χ4n) is 1.17. The molecule has 0 aliphatic rings. The van der Waals surface area contributed by atoms with Crippen molar-refractivity contribution in [2.24, 2.45) is 0 Å². The Balaban J connectivity index is 2.44. The van der Waals surface area contributed by atoms with E-state index in [-0.39, 0.29) is 10.6 Å². The van der Waals surface area contributed by atoms with Gasteiger partial charge in [-0.3, -0.25) is 4.79 Å². The van der Waals surface area contributed by atoms with Crippen molar-refractivity contribution in [2.45, 2.75) is 0 Å². The van der Waals surface area contributed by atoms with Crippen LogP contribution >= 0.6 is 27.5 Å². The van der Waals surface area contributed by atoms with Crippen LogP contribution in [-0.2, 0) is 4.74 Å². The third-order valence-corrected chi connectivity index (χ3v) is 2.66. The second-order valence-electron chi connectivity index (χ2n) is 3.16. The summed E-state index contributed by atoms with van der Waals surface area (Å²) < 4.78 is 18.2. The Kier molecular flexibility index (Phi) is 6.47. The topological polar surface area (TPSA) is 38.3 Å². The zero-order valence-electron chi connectivity index (χ0n) is 9.01. The van der Waals surface area contributed by atoms with E-state index in [1.165, 1.54) is 18.2 Å². The van der Waals surface area contributed by atoms with Crippen molar-refractivity contribution in [1.82, 2.24) is 5.32 Å². The molecule has 17 heavy (non-hydrogen) atoms. The number of alkyl halides is 1. The summed E-state index contributed by atoms with van der Waals surface area (Å²) in [6.07, 6.45) is 0. The molecule has 0 aliphatic heterocycles. The van der Waals surface area contributed by atoms with Gasteiger partial charge < -0.3 is 10.1 Å². The van der Waals surface area contributed by atoms with Crippen LogP contribution in [0.15, 0.2) is 18.2 Å². The van der Waals surface area contributed by atoms with Crippen LogP contribution in [0.1, 0.15) is 10.4 Å². The van der Waals surface area contributed by atoms with E-state index in [4.69, 9.17) is 16.3 Å². The second kappa shape index (κ2) is 7.63. The van der Waals surface area contributed by atoms with Gasteiger partial charge >= 0.3 is 0 Å². The lowest BCUT2D eigenvalue weighted by Crippen LogP contribution is -2.27. The predicted octanol–water partition coefficient (Wildman–Crippen LogP) is 2.62. The summed E-state index contributed by atoms with van der Waals surface area (Å²) in [7, 11) is 0. The Morgan fingerprint density at radius 2 is 2.24 bits per heavy atom. The first kappa shape index (κ1) is 14.4. The normalized spacial score (nSPS) is 10.3. The van der Waals surface area contributed by atoms with Gasteiger partial charge in [0.2, 0.25) is 0 Å². The third-order valence-electron chi connectivity index (χ3n) is 1.95. The fourth-order valence-corrected chi connectivity index (χ4v) is 1.61. The van der Waals surface area contributed by atoms with E-state index in [2.05, 4.69) is 21.2 Å². The van der Waals surface area contributed by atoms with Gasteiger partial charge in [-0.1, -0.05) is 33.6 Å². The van der Waals surface area contributed by atoms with Gasteiger partial charge in [-0.05, 0) is 12.1 Å². The molecule has 0 fully saturated rings. The molecule has 0 saturated carbocycles. The van der Waals surface area contributed by atoms with E-state index in [1.54, 1.807) is 0 Å². The monoisotopic (exact) mass is 323 g/mol. The Bertz CT molecular complexity index is 390. The van der Waals surface area contributed by atoms with Crippen LogP contribution in [0.2, 0.25) is 5.02 Å². The molecule has 1 rings (SSSR count). The summed E-state index contributed by atoms with van der Waals surface area (Å²) in [4.78, 5) is 11.6. The van der Waals surface area contributed by atoms with Gasteiger partial charge in [-0.25, -0.2) is 4.39 Å². The zero-order chi connectivity index (χ0) is 12.7. The summed E-state index contributed by atoms with van der Waals surface area (Å²) in [5.41, 5.74) is 0.132. The fraction of sp³-hybridized carbons (Fsp3) is 0.364. The Morgan fingerprint density at radius 1 is 1.47 bits per heavy atom. The Labute approximate surface area is 112 Å². The van der Waals surface area contributed by atoms with Crippen LogP contribution in [0.3, 0.4) is 0 Å². The number of benzene rings is 1. The number of halogens is 3. The number of carbonyl (C=O) groups excluding carboxylic acids is 1. The van der Waals surface area contributed by atoms with Crippen molar-refractivity contribution < 1.29 is 13.9 Å². The molecule has 0 bridgehead atoms. The first-order chi connectivity index (χ1) is 8.16. The Hall–Kier alpha value is -0.650. The highest BCUT2D eigenvalue weighted by Gasteiger charge is 2.12. The molecule has 0 spiro atoms. The van der Waals surface area contributed by atoms with E-state index in [0.29, 0.717) is 19.8 Å². The van der Waals surface area contributed by atoms with Gasteiger partial charge in [0.15, 0.2) is 0 Å². The van der Waals surface area contributed by atoms with Crippen LogP contribution in [0, 0.1) is 5.82 Å². The standard InChI is InChI=1S/C11H12BrClFNO2/c12-4-6-17-7-5-15-11(16)8-2-1-3-9(14)10(8)13/h1-3H,4-7H2,(H,15,16). The molecule has 0 saturated heterocycles. The quantitative estimate of drug-likeness (QED) is 0.645. The molecule has 0 radical (unpaired) electrons. The van der Waals surface area contributed by atoms with Crippen LogP contribution in [0.4, 0.5) is 4.39 Å². The zero-order valence-corrected chi connectivity index (χ0v) is 11.4. The molecule has 1 aromatic rings. The summed E-state index contributed by atoms with van der Waals surface area (Å²) in [5.74, 6) is -1.01. The minimum Gasteiger partial charge on any atom is -0.379 e. The lowest BCUT2D eigenvalue weighted by atomic mass is 10.2. The highest BCUT2D eigenvalue weighted by molar-refractivity contribution is 9.09. The molecular weight excluding hydrogens is 312 g/mol. The van der Waals surface area contributed by atoms with Gasteiger partial charge in [0.05, 0.1) is 23.8 Å². The number of ether oxygens (including phenoxy) is 1. The van der Waals surface area contributed by atoms with Crippen molar-refractivity contribution in [3.8, 4) is 0 Å². The van der Waals surface area contributed by atoms with Crippen molar-refractivity contribution in [2.75, 3.05) is 25.1 Å². The molecule has 1 amide bonds. The second-order valence-corrected chi connectivity index (χ2v) is 4.33. The summed E-state index contributed by atoms with van der Waals surface area (Å²) >= 11 is 8.89. The molecule has 0 unspecified atom stereocenters. The van der Waals surface area contributed by atoms with Crippen LogP contribution in [-0.4, -0.2) is 31.0 Å². The number of rotatable bonds is 6. The van der Waals surface area contributed by atoms with E-state index in [9.17, 15) is 9.18 Å². The average molecular weight is 325 g/mol. The van der Waals surface area contributed by atoms with Crippen LogP contribution in [0.25, 0.3) is 0 Å². The molecule has 0 aromatic heterocycles. The highest BCUT2D eigenvalue weighted by Crippen LogP contribution is 2.19. The molecule has 6 heteroatoms. The van der Waals surface area contributed by atoms with E-state index in [1.807, 2.05) is 0 Å². The van der Waals surface area contributed by atoms with E-state index >= 15 is 0 Å². The molecule has 0 heterocycles. The smallest absolute Gasteiger partial charge is 0.252 e. The lowest BCUT2D eigenvalue weighted by Gasteiger charge is -2.07. The van der Waals surface area contributed by atoms with Crippen LogP contribution < -0.4 is 5.32 Å². The number of carbonyl (C=O) groups is 1. The molecule has 94 valence electrons. The van der Waals surface area contributed by atoms with Gasteiger partial charge in [-0.15, -0.1) is 0 Å². The maximum atomic E-state index is 13.1. The third kappa shape index (κ3) is 4.61. The summed E-state index contributed by atoms with van der Waals surface area (Å²) in [6, 6.07) is 4.12. The Morgan fingerprint density at radius 3 is 2.94 bits per heavy atom. The van der Waals surface area contributed by atoms with Crippen molar-refractivity contribution in [3.05, 3.63) is 34.6 Å². The molecule has 0 aliphatic carbocycles. The van der Waals surface area contributed by atoms with Crippen molar-refractivity contribution in [3.63, 3.8) is 0 Å². The number of hydrogen-bond donors (Lipinski definition) is 1. The minimum atomic E-state index is -0.602. The highest BCUT2D eigenvalue weighted by atomic mass is 79.9.